The van der Waals surface area contributed by atoms with Crippen molar-refractivity contribution >= 4 is 34.5 Å². The Morgan fingerprint density at radius 2 is 2.14 bits per heavy atom. The molecule has 1 aliphatic rings. The van der Waals surface area contributed by atoms with E-state index in [-0.39, 0.29) is 8.76 Å². The number of nitrogens with one attached hydrogen (secondary N) is 2. The zero-order chi connectivity index (χ0) is 19.5. The molecule has 2 N–H and O–H groups in total. The number of hydrogen-bond acceptors (Lipinski definition) is 5. The molecule has 0 bridgehead atoms. The molecular formula is C22H28N4O2. The lowest BCUT2D eigenvalue weighted by molar-refractivity contribution is -0.125. The van der Waals surface area contributed by atoms with Gasteiger partial charge in [0, 0.05) is 46.2 Å². The molecule has 28 heavy (non-hydrogen) atoms. The van der Waals surface area contributed by atoms with E-state index in [0.717, 1.165) is 58.9 Å². The second-order valence-electron chi connectivity index (χ2n) is 7.05. The van der Waals surface area contributed by atoms with Crippen molar-refractivity contribution in [1.82, 2.24) is 9.88 Å². The van der Waals surface area contributed by atoms with Gasteiger partial charge < -0.3 is 20.0 Å². The number of anilines is 2. The van der Waals surface area contributed by atoms with E-state index in [1.165, 1.54) is 0 Å². The predicted molar refractivity (Wildman–Crippen MR) is 117 cm³/mol. The number of para-hydroxylation sites is 1. The maximum absolute atomic E-state index is 12.5. The van der Waals surface area contributed by atoms with Gasteiger partial charge in [0.15, 0.2) is 0 Å². The van der Waals surface area contributed by atoms with Gasteiger partial charge in [0.25, 0.3) is 0 Å². The quantitative estimate of drug-likeness (QED) is 0.651. The third kappa shape index (κ3) is 3.71. The number of furan rings is 1. The minimum absolute atomic E-state index is 0. The van der Waals surface area contributed by atoms with Crippen molar-refractivity contribution < 1.29 is 12.1 Å². The molecule has 0 unspecified atom stereocenters. The minimum Gasteiger partial charge on any atom is -0.459 e. The fraction of sp³-hybridized carbons (Fsp3) is 0.273. The highest BCUT2D eigenvalue weighted by atomic mass is 16.3. The van der Waals surface area contributed by atoms with Gasteiger partial charge in [0.2, 0.25) is 5.91 Å². The Kier molecular flexibility index (Phi) is 5.02. The number of amides is 1. The molecule has 0 fully saturated rings. The summed E-state index contributed by atoms with van der Waals surface area (Å²) in [6.07, 6.45) is 6.19. The molecule has 148 valence electrons. The van der Waals surface area contributed by atoms with E-state index in [4.69, 9.17) is 4.42 Å². The molecule has 6 nitrogen and oxygen atoms in total. The van der Waals surface area contributed by atoms with Gasteiger partial charge in [-0.3, -0.25) is 4.79 Å². The maximum atomic E-state index is 12.5. The van der Waals surface area contributed by atoms with Gasteiger partial charge in [-0.05, 0) is 37.1 Å². The summed E-state index contributed by atoms with van der Waals surface area (Å²) in [5.41, 5.74) is 3.78. The minimum atomic E-state index is -0.0825. The number of carbonyl (C=O) groups excluding carboxylic acids is 1. The van der Waals surface area contributed by atoms with E-state index in [0.29, 0.717) is 6.54 Å². The SMILES string of the molecule is Cc1c(CN(C)C(=O)/C=C/c2cnc3c(c2)NCCCN3)oc2ccccc12.[HH].[HH]. The van der Waals surface area contributed by atoms with E-state index < -0.39 is 0 Å². The first-order valence-corrected chi connectivity index (χ1v) is 9.50. The van der Waals surface area contributed by atoms with Crippen LogP contribution in [-0.4, -0.2) is 35.9 Å². The lowest BCUT2D eigenvalue weighted by Crippen LogP contribution is -2.24. The van der Waals surface area contributed by atoms with E-state index in [2.05, 4.69) is 15.6 Å². The number of aryl methyl sites for hydroxylation is 1. The van der Waals surface area contributed by atoms with Gasteiger partial charge >= 0.3 is 0 Å². The van der Waals surface area contributed by atoms with Crippen LogP contribution >= 0.6 is 0 Å². The van der Waals surface area contributed by atoms with E-state index >= 15 is 0 Å². The molecule has 3 heterocycles. The van der Waals surface area contributed by atoms with E-state index in [1.54, 1.807) is 30.3 Å². The third-order valence-electron chi connectivity index (χ3n) is 4.99. The van der Waals surface area contributed by atoms with Crippen LogP contribution in [0, 0.1) is 6.92 Å². The lowest BCUT2D eigenvalue weighted by Gasteiger charge is -2.14. The molecule has 3 aromatic rings. The standard InChI is InChI=1S/C22H24N4O2.2H2/c1-15-17-6-3-4-7-19(17)28-20(15)14-26(2)21(27)9-8-16-12-18-22(25-13-16)24-11-5-10-23-18;;/h3-4,6-9,12-13,23H,5,10-11,14H2,1-2H3,(H,24,25);2*1H/b9-8+;;. The van der Waals surface area contributed by atoms with Gasteiger partial charge in [-0.15, -0.1) is 0 Å². The van der Waals surface area contributed by atoms with Gasteiger partial charge in [-0.25, -0.2) is 4.98 Å². The molecule has 1 aromatic carbocycles. The third-order valence-corrected chi connectivity index (χ3v) is 4.99. The summed E-state index contributed by atoms with van der Waals surface area (Å²) < 4.78 is 5.91. The first-order valence-electron chi connectivity index (χ1n) is 9.50. The van der Waals surface area contributed by atoms with Crippen molar-refractivity contribution in [2.24, 2.45) is 0 Å². The van der Waals surface area contributed by atoms with Crippen LogP contribution in [0.15, 0.2) is 47.0 Å². The summed E-state index contributed by atoms with van der Waals surface area (Å²) in [6, 6.07) is 9.93. The number of rotatable bonds is 4. The van der Waals surface area contributed by atoms with Crippen LogP contribution in [-0.2, 0) is 11.3 Å². The number of benzene rings is 1. The highest BCUT2D eigenvalue weighted by molar-refractivity contribution is 5.92. The van der Waals surface area contributed by atoms with Crippen LogP contribution < -0.4 is 10.6 Å². The van der Waals surface area contributed by atoms with Crippen molar-refractivity contribution in [2.75, 3.05) is 30.8 Å². The average Bonchev–Trinajstić information content (AvgIpc) is 2.88. The Morgan fingerprint density at radius 1 is 1.32 bits per heavy atom. The second kappa shape index (κ2) is 7.76. The molecule has 1 amide bonds. The number of likely N-dealkylation sites (N-methyl/N-ethyl adjacent to an activating group) is 1. The van der Waals surface area contributed by atoms with Crippen molar-refractivity contribution in [3.8, 4) is 0 Å². The fourth-order valence-corrected chi connectivity index (χ4v) is 3.33. The van der Waals surface area contributed by atoms with Crippen LogP contribution in [0.4, 0.5) is 11.5 Å². The van der Waals surface area contributed by atoms with Crippen molar-refractivity contribution in [1.29, 1.82) is 0 Å². The van der Waals surface area contributed by atoms with Gasteiger partial charge in [0.1, 0.15) is 17.2 Å². The Balaban J connectivity index is 0.00000160. The predicted octanol–water partition coefficient (Wildman–Crippen LogP) is 4.53. The fourth-order valence-electron chi connectivity index (χ4n) is 3.33. The molecule has 2 aromatic heterocycles. The molecule has 0 saturated heterocycles. The van der Waals surface area contributed by atoms with Crippen LogP contribution in [0.25, 0.3) is 17.0 Å². The van der Waals surface area contributed by atoms with E-state index in [1.807, 2.05) is 37.3 Å². The zero-order valence-corrected chi connectivity index (χ0v) is 16.2. The molecule has 0 saturated carbocycles. The van der Waals surface area contributed by atoms with Crippen LogP contribution in [0.2, 0.25) is 0 Å². The topological polar surface area (TPSA) is 70.4 Å². The second-order valence-corrected chi connectivity index (χ2v) is 7.05. The highest BCUT2D eigenvalue weighted by Gasteiger charge is 2.14. The summed E-state index contributed by atoms with van der Waals surface area (Å²) in [5, 5.41) is 7.75. The van der Waals surface area contributed by atoms with Crippen LogP contribution in [0.5, 0.6) is 0 Å². The van der Waals surface area contributed by atoms with Gasteiger partial charge in [-0.2, -0.15) is 0 Å². The lowest BCUT2D eigenvalue weighted by atomic mass is 10.1. The Bertz CT molecular complexity index is 1050. The van der Waals surface area contributed by atoms with Crippen molar-refractivity contribution in [3.05, 3.63) is 59.5 Å². The van der Waals surface area contributed by atoms with Crippen LogP contribution in [0.3, 0.4) is 0 Å². The number of aromatic nitrogens is 1. The summed E-state index contributed by atoms with van der Waals surface area (Å²) in [7, 11) is 1.78. The number of nitrogens with zero attached hydrogens (tertiary/aromatic N) is 2. The molecule has 4 rings (SSSR count). The maximum Gasteiger partial charge on any atom is 0.246 e. The zero-order valence-electron chi connectivity index (χ0n) is 16.2. The molecule has 0 radical (unpaired) electrons. The van der Waals surface area contributed by atoms with Gasteiger partial charge in [0.05, 0.1) is 12.2 Å². The molecule has 6 heteroatoms. The molecule has 0 atom stereocenters. The molecule has 1 aliphatic heterocycles. The molecule has 0 aliphatic carbocycles. The van der Waals surface area contributed by atoms with Crippen molar-refractivity contribution in [2.45, 2.75) is 19.9 Å². The number of hydrogen-bond donors (Lipinski definition) is 2. The Morgan fingerprint density at radius 3 is 3.00 bits per heavy atom. The Labute approximate surface area is 167 Å². The summed E-state index contributed by atoms with van der Waals surface area (Å²) in [6.45, 7) is 4.27. The van der Waals surface area contributed by atoms with E-state index in [9.17, 15) is 4.79 Å². The number of pyridine rings is 1. The average molecular weight is 380 g/mol. The molecular weight excluding hydrogens is 352 g/mol. The van der Waals surface area contributed by atoms with Gasteiger partial charge in [-0.1, -0.05) is 18.2 Å². The smallest absolute Gasteiger partial charge is 0.246 e. The van der Waals surface area contributed by atoms with Crippen molar-refractivity contribution in [3.63, 3.8) is 0 Å². The number of carbonyl (C=O) groups is 1. The highest BCUT2D eigenvalue weighted by Crippen LogP contribution is 2.26. The normalized spacial score (nSPS) is 13.6. The first-order chi connectivity index (χ1) is 13.6. The monoisotopic (exact) mass is 380 g/mol. The molecule has 0 spiro atoms. The summed E-state index contributed by atoms with van der Waals surface area (Å²) in [4.78, 5) is 18.6. The Hall–Kier alpha value is -3.28. The van der Waals surface area contributed by atoms with Crippen LogP contribution in [0.1, 0.15) is 26.2 Å². The largest absolute Gasteiger partial charge is 0.459 e. The summed E-state index contributed by atoms with van der Waals surface area (Å²) in [5.74, 6) is 1.59. The first kappa shape index (κ1) is 18.1. The summed E-state index contributed by atoms with van der Waals surface area (Å²) >= 11 is 0. The number of fused-ring (bicyclic) bond motifs is 2.